The molecule has 1 aliphatic heterocycles. The highest BCUT2D eigenvalue weighted by Gasteiger charge is 2.49. The zero-order valence-corrected chi connectivity index (χ0v) is 16.5. The summed E-state index contributed by atoms with van der Waals surface area (Å²) in [5.74, 6) is 0.227. The first-order valence-electron chi connectivity index (χ1n) is 9.06. The predicted molar refractivity (Wildman–Crippen MR) is 105 cm³/mol. The molecule has 2 aromatic carbocycles. The van der Waals surface area contributed by atoms with Gasteiger partial charge in [-0.05, 0) is 30.2 Å². The molecule has 0 bridgehead atoms. The normalized spacial score (nSPS) is 18.4. The van der Waals surface area contributed by atoms with Crippen LogP contribution >= 0.6 is 0 Å². The van der Waals surface area contributed by atoms with Gasteiger partial charge in [0.1, 0.15) is 12.1 Å². The summed E-state index contributed by atoms with van der Waals surface area (Å²) in [5, 5.41) is 5.39. The van der Waals surface area contributed by atoms with E-state index >= 15 is 0 Å². The molecule has 2 aromatic rings. The zero-order valence-electron chi connectivity index (χ0n) is 16.5. The van der Waals surface area contributed by atoms with Crippen molar-refractivity contribution in [3.8, 4) is 11.5 Å². The van der Waals surface area contributed by atoms with Gasteiger partial charge in [-0.15, -0.1) is 0 Å². The lowest BCUT2D eigenvalue weighted by Crippen LogP contribution is -2.43. The monoisotopic (exact) mass is 397 g/mol. The lowest BCUT2D eigenvalue weighted by Gasteiger charge is -2.22. The maximum Gasteiger partial charge on any atom is 0.325 e. The second kappa shape index (κ2) is 8.22. The van der Waals surface area contributed by atoms with Gasteiger partial charge in [-0.25, -0.2) is 4.79 Å². The molecule has 3 rings (SSSR count). The number of imide groups is 1. The van der Waals surface area contributed by atoms with Gasteiger partial charge in [-0.1, -0.05) is 36.4 Å². The number of rotatable bonds is 7. The molecule has 8 nitrogen and oxygen atoms in total. The fourth-order valence-corrected chi connectivity index (χ4v) is 3.20. The maximum absolute atomic E-state index is 12.8. The van der Waals surface area contributed by atoms with Crippen LogP contribution in [0.4, 0.5) is 4.79 Å². The molecule has 0 radical (unpaired) electrons. The van der Waals surface area contributed by atoms with Gasteiger partial charge in [0.05, 0.1) is 14.2 Å². The van der Waals surface area contributed by atoms with Crippen LogP contribution in [0.25, 0.3) is 0 Å². The molecular formula is C21H23N3O5. The Bertz CT molecular complexity index is 931. The van der Waals surface area contributed by atoms with Crippen molar-refractivity contribution in [3.05, 3.63) is 59.7 Å². The third-order valence-corrected chi connectivity index (χ3v) is 4.87. The average molecular weight is 397 g/mol. The number of urea groups is 1. The molecule has 0 aliphatic carbocycles. The topological polar surface area (TPSA) is 97.0 Å². The molecule has 1 heterocycles. The number of ether oxygens (including phenoxy) is 2. The molecule has 1 saturated heterocycles. The van der Waals surface area contributed by atoms with E-state index in [1.54, 1.807) is 56.5 Å². The van der Waals surface area contributed by atoms with E-state index < -0.39 is 23.4 Å². The first kappa shape index (κ1) is 20.2. The van der Waals surface area contributed by atoms with Crippen LogP contribution in [0.1, 0.15) is 18.1 Å². The molecule has 1 fully saturated rings. The van der Waals surface area contributed by atoms with Crippen molar-refractivity contribution in [3.63, 3.8) is 0 Å². The molecular weight excluding hydrogens is 374 g/mol. The van der Waals surface area contributed by atoms with Crippen LogP contribution < -0.4 is 20.1 Å². The SMILES string of the molecule is COc1ccc(CNC(=O)CN2C(=O)N[C@@](C)(c3ccccc3)C2=O)cc1OC. The minimum absolute atomic E-state index is 0.221. The van der Waals surface area contributed by atoms with Crippen molar-refractivity contribution < 1.29 is 23.9 Å². The Morgan fingerprint density at radius 2 is 1.76 bits per heavy atom. The van der Waals surface area contributed by atoms with Crippen molar-refractivity contribution in [2.45, 2.75) is 19.0 Å². The summed E-state index contributed by atoms with van der Waals surface area (Å²) in [6.07, 6.45) is 0. The van der Waals surface area contributed by atoms with Gasteiger partial charge >= 0.3 is 6.03 Å². The molecule has 1 aliphatic rings. The van der Waals surface area contributed by atoms with Gasteiger partial charge in [0.15, 0.2) is 11.5 Å². The molecule has 0 saturated carbocycles. The number of benzene rings is 2. The van der Waals surface area contributed by atoms with Crippen molar-refractivity contribution in [2.75, 3.05) is 20.8 Å². The first-order valence-corrected chi connectivity index (χ1v) is 9.06. The number of hydrogen-bond donors (Lipinski definition) is 2. The Kier molecular flexibility index (Phi) is 5.72. The third-order valence-electron chi connectivity index (χ3n) is 4.87. The van der Waals surface area contributed by atoms with E-state index in [9.17, 15) is 14.4 Å². The summed E-state index contributed by atoms with van der Waals surface area (Å²) in [5.41, 5.74) is 0.260. The second-order valence-corrected chi connectivity index (χ2v) is 6.78. The van der Waals surface area contributed by atoms with Crippen molar-refractivity contribution >= 4 is 17.8 Å². The molecule has 0 unspecified atom stereocenters. The van der Waals surface area contributed by atoms with E-state index in [2.05, 4.69) is 10.6 Å². The summed E-state index contributed by atoms with van der Waals surface area (Å²) in [6, 6.07) is 13.6. The minimum atomic E-state index is -1.19. The highest BCUT2D eigenvalue weighted by molar-refractivity contribution is 6.09. The quantitative estimate of drug-likeness (QED) is 0.695. The van der Waals surface area contributed by atoms with Crippen LogP contribution in [0.2, 0.25) is 0 Å². The smallest absolute Gasteiger partial charge is 0.325 e. The van der Waals surface area contributed by atoms with Gasteiger partial charge in [0.2, 0.25) is 5.91 Å². The van der Waals surface area contributed by atoms with Crippen LogP contribution in [0, 0.1) is 0 Å². The molecule has 8 heteroatoms. The van der Waals surface area contributed by atoms with Crippen molar-refractivity contribution in [2.24, 2.45) is 0 Å². The largest absolute Gasteiger partial charge is 0.493 e. The first-order chi connectivity index (χ1) is 13.9. The Hall–Kier alpha value is -3.55. The lowest BCUT2D eigenvalue weighted by atomic mass is 9.92. The lowest BCUT2D eigenvalue weighted by molar-refractivity contribution is -0.134. The summed E-state index contributed by atoms with van der Waals surface area (Å²) >= 11 is 0. The van der Waals surface area contributed by atoms with Gasteiger partial charge in [0, 0.05) is 6.54 Å². The van der Waals surface area contributed by atoms with Crippen LogP contribution in [0.3, 0.4) is 0 Å². The average Bonchev–Trinajstić information content (AvgIpc) is 2.96. The van der Waals surface area contributed by atoms with Gasteiger partial charge in [0.25, 0.3) is 5.91 Å². The Morgan fingerprint density at radius 1 is 1.07 bits per heavy atom. The summed E-state index contributed by atoms with van der Waals surface area (Å²) in [4.78, 5) is 38.4. The van der Waals surface area contributed by atoms with Gasteiger partial charge in [-0.2, -0.15) is 0 Å². The Balaban J connectivity index is 1.64. The summed E-state index contributed by atoms with van der Waals surface area (Å²) < 4.78 is 10.4. The third kappa shape index (κ3) is 4.01. The fraction of sp³-hybridized carbons (Fsp3) is 0.286. The maximum atomic E-state index is 12.8. The van der Waals surface area contributed by atoms with Crippen molar-refractivity contribution in [1.29, 1.82) is 0 Å². The summed E-state index contributed by atoms with van der Waals surface area (Å²) in [7, 11) is 3.07. The zero-order chi connectivity index (χ0) is 21.0. The molecule has 1 atom stereocenters. The number of hydrogen-bond acceptors (Lipinski definition) is 5. The van der Waals surface area contributed by atoms with Gasteiger partial charge < -0.3 is 20.1 Å². The highest BCUT2D eigenvalue weighted by Crippen LogP contribution is 2.29. The minimum Gasteiger partial charge on any atom is -0.493 e. The molecule has 2 N–H and O–H groups in total. The van der Waals surface area contributed by atoms with E-state index in [4.69, 9.17) is 9.47 Å². The van der Waals surface area contributed by atoms with Gasteiger partial charge in [-0.3, -0.25) is 14.5 Å². The molecule has 29 heavy (non-hydrogen) atoms. The van der Waals surface area contributed by atoms with Crippen LogP contribution in [0.15, 0.2) is 48.5 Å². The number of carbonyl (C=O) groups excluding carboxylic acids is 3. The molecule has 4 amide bonds. The van der Waals surface area contributed by atoms with E-state index in [-0.39, 0.29) is 13.1 Å². The van der Waals surface area contributed by atoms with E-state index in [1.165, 1.54) is 7.11 Å². The number of carbonyl (C=O) groups is 3. The summed E-state index contributed by atoms with van der Waals surface area (Å²) in [6.45, 7) is 1.49. The van der Waals surface area contributed by atoms with E-state index in [1.807, 2.05) is 6.07 Å². The number of amides is 4. The van der Waals surface area contributed by atoms with E-state index in [0.29, 0.717) is 17.1 Å². The number of methoxy groups -OCH3 is 2. The Morgan fingerprint density at radius 3 is 2.41 bits per heavy atom. The van der Waals surface area contributed by atoms with Crippen LogP contribution in [0.5, 0.6) is 11.5 Å². The highest BCUT2D eigenvalue weighted by atomic mass is 16.5. The standard InChI is InChI=1S/C21H23N3O5/c1-21(15-7-5-4-6-8-15)19(26)24(20(27)23-21)13-18(25)22-12-14-9-10-16(28-2)17(11-14)29-3/h4-11H,12-13H2,1-3H3,(H,22,25)(H,23,27)/t21-/m0/s1. The molecule has 0 aromatic heterocycles. The predicted octanol–water partition coefficient (Wildman–Crippen LogP) is 1.79. The molecule has 152 valence electrons. The number of nitrogens with zero attached hydrogens (tertiary/aromatic N) is 1. The van der Waals surface area contributed by atoms with Crippen molar-refractivity contribution in [1.82, 2.24) is 15.5 Å². The van der Waals surface area contributed by atoms with Crippen LogP contribution in [-0.2, 0) is 21.7 Å². The second-order valence-electron chi connectivity index (χ2n) is 6.78. The van der Waals surface area contributed by atoms with E-state index in [0.717, 1.165) is 10.5 Å². The Labute approximate surface area is 168 Å². The van der Waals surface area contributed by atoms with Crippen LogP contribution in [-0.4, -0.2) is 43.5 Å². The fourth-order valence-electron chi connectivity index (χ4n) is 3.20. The number of nitrogens with one attached hydrogen (secondary N) is 2. The molecule has 0 spiro atoms.